The second kappa shape index (κ2) is 16.9. The molecule has 5 rings (SSSR count). The van der Waals surface area contributed by atoms with E-state index in [1.54, 1.807) is 41.3 Å². The number of β-lactam (4-membered cyclic amide) rings is 1. The molecule has 0 aliphatic carbocycles. The van der Waals surface area contributed by atoms with E-state index in [2.05, 4.69) is 38.0 Å². The van der Waals surface area contributed by atoms with Crippen LogP contribution < -0.4 is 14.4 Å². The number of amides is 1. The summed E-state index contributed by atoms with van der Waals surface area (Å²) in [4.78, 5) is 15.8. The van der Waals surface area contributed by atoms with Crippen molar-refractivity contribution < 1.29 is 44.6 Å². The zero-order valence-electron chi connectivity index (χ0n) is 30.6. The van der Waals surface area contributed by atoms with Crippen LogP contribution in [-0.2, 0) is 30.4 Å². The van der Waals surface area contributed by atoms with Gasteiger partial charge in [0.25, 0.3) is 0 Å². The normalized spacial score (nSPS) is 17.0. The zero-order chi connectivity index (χ0) is 38.4. The average molecular weight is 768 g/mol. The molecule has 53 heavy (non-hydrogen) atoms. The van der Waals surface area contributed by atoms with Crippen molar-refractivity contribution in [2.45, 2.75) is 76.9 Å². The zero-order valence-corrected chi connectivity index (χ0v) is 32.4. The number of rotatable bonds is 17. The minimum Gasteiger partial charge on any atom is -0.493 e. The lowest BCUT2D eigenvalue weighted by Gasteiger charge is -2.48. The number of anilines is 1. The first-order chi connectivity index (χ1) is 25.0. The highest BCUT2D eigenvalue weighted by Crippen LogP contribution is 2.50. The van der Waals surface area contributed by atoms with Gasteiger partial charge in [0.05, 0.1) is 31.3 Å². The molecule has 9 nitrogen and oxygen atoms in total. The van der Waals surface area contributed by atoms with E-state index in [0.717, 1.165) is 16.7 Å². The number of hydrogen-bond acceptors (Lipinski definition) is 7. The van der Waals surface area contributed by atoms with Crippen LogP contribution >= 0.6 is 0 Å². The van der Waals surface area contributed by atoms with Gasteiger partial charge in [0.1, 0.15) is 29.7 Å². The van der Waals surface area contributed by atoms with Crippen molar-refractivity contribution in [3.05, 3.63) is 125 Å². The van der Waals surface area contributed by atoms with Crippen LogP contribution in [-0.4, -0.2) is 40.4 Å². The summed E-state index contributed by atoms with van der Waals surface area (Å²) in [5.74, 6) is -0.462. The first-order valence-corrected chi connectivity index (χ1v) is 21.9. The SMILES string of the molecule is CC(C)(C)[Si](C)(C)O[C@@H](CC[C@H]1C(=O)N(c2ccc(F)cc2)[C@@H]1c1ccc(OCCCOS(=O)(=O)O)cc1OCc1ccccc1)c1ccc(F)cc1. The molecule has 1 amide bonds. The fourth-order valence-electron chi connectivity index (χ4n) is 6.03. The molecule has 13 heteroatoms. The molecule has 1 N–H and O–H groups in total. The molecule has 1 saturated heterocycles. The van der Waals surface area contributed by atoms with Gasteiger partial charge in [0.2, 0.25) is 5.91 Å². The van der Waals surface area contributed by atoms with Crippen molar-refractivity contribution in [1.29, 1.82) is 0 Å². The van der Waals surface area contributed by atoms with Crippen molar-refractivity contribution in [2.24, 2.45) is 5.92 Å². The number of nitrogens with zero attached hydrogens (tertiary/aromatic N) is 1. The molecule has 0 bridgehead atoms. The first kappa shape index (κ1) is 40.1. The Morgan fingerprint density at radius 1 is 0.868 bits per heavy atom. The smallest absolute Gasteiger partial charge is 0.397 e. The van der Waals surface area contributed by atoms with Gasteiger partial charge in [-0.2, -0.15) is 8.42 Å². The van der Waals surface area contributed by atoms with E-state index in [1.807, 2.05) is 36.4 Å². The molecule has 0 aromatic heterocycles. The number of ether oxygens (including phenoxy) is 2. The van der Waals surface area contributed by atoms with Gasteiger partial charge in [-0.05, 0) is 90.6 Å². The van der Waals surface area contributed by atoms with E-state index >= 15 is 0 Å². The third-order valence-electron chi connectivity index (χ3n) is 9.87. The summed E-state index contributed by atoms with van der Waals surface area (Å²) in [7, 11) is -6.85. The monoisotopic (exact) mass is 767 g/mol. The van der Waals surface area contributed by atoms with Gasteiger partial charge in [0, 0.05) is 23.7 Å². The van der Waals surface area contributed by atoms with Crippen molar-refractivity contribution in [1.82, 2.24) is 0 Å². The molecule has 1 aliphatic heterocycles. The summed E-state index contributed by atoms with van der Waals surface area (Å²) in [6.07, 6.45) is 0.752. The van der Waals surface area contributed by atoms with Crippen LogP contribution in [0.5, 0.6) is 11.5 Å². The van der Waals surface area contributed by atoms with Gasteiger partial charge in [-0.1, -0.05) is 63.2 Å². The number of carbonyl (C=O) groups excluding carboxylic acids is 1. The van der Waals surface area contributed by atoms with Gasteiger partial charge in [0.15, 0.2) is 8.32 Å². The van der Waals surface area contributed by atoms with Crippen LogP contribution in [0.3, 0.4) is 0 Å². The third-order valence-corrected chi connectivity index (χ3v) is 14.8. The highest BCUT2D eigenvalue weighted by Gasteiger charge is 2.50. The summed E-state index contributed by atoms with van der Waals surface area (Å²) < 4.78 is 82.3. The second-order valence-electron chi connectivity index (χ2n) is 14.7. The summed E-state index contributed by atoms with van der Waals surface area (Å²) in [6, 6.07) is 26.6. The van der Waals surface area contributed by atoms with E-state index in [1.165, 1.54) is 24.3 Å². The Hall–Kier alpha value is -4.14. The molecular formula is C40H47F2NO8SSi. The fraction of sp³-hybridized carbons (Fsp3) is 0.375. The van der Waals surface area contributed by atoms with E-state index in [4.69, 9.17) is 18.5 Å². The largest absolute Gasteiger partial charge is 0.493 e. The molecule has 1 fully saturated rings. The van der Waals surface area contributed by atoms with E-state index in [9.17, 15) is 22.0 Å². The Morgan fingerprint density at radius 3 is 2.13 bits per heavy atom. The molecule has 0 saturated carbocycles. The molecule has 1 aliphatic rings. The molecule has 4 aromatic rings. The molecule has 1 heterocycles. The molecule has 4 aromatic carbocycles. The average Bonchev–Trinajstić information content (AvgIpc) is 3.10. The Bertz CT molecular complexity index is 1940. The highest BCUT2D eigenvalue weighted by molar-refractivity contribution is 7.80. The minimum atomic E-state index is -4.55. The topological polar surface area (TPSA) is 112 Å². The third kappa shape index (κ3) is 10.5. The Labute approximate surface area is 311 Å². The maximum atomic E-state index is 14.1. The van der Waals surface area contributed by atoms with Crippen molar-refractivity contribution in [3.63, 3.8) is 0 Å². The highest BCUT2D eigenvalue weighted by atomic mass is 32.3. The van der Waals surface area contributed by atoms with Crippen LogP contribution in [0.15, 0.2) is 97.1 Å². The number of benzene rings is 4. The van der Waals surface area contributed by atoms with Gasteiger partial charge < -0.3 is 18.8 Å². The molecular weight excluding hydrogens is 721 g/mol. The number of halogens is 2. The number of hydrogen-bond donors (Lipinski definition) is 1. The minimum absolute atomic E-state index is 0.0855. The van der Waals surface area contributed by atoms with Crippen molar-refractivity contribution in [3.8, 4) is 11.5 Å². The summed E-state index contributed by atoms with van der Waals surface area (Å²) in [6.45, 7) is 10.9. The van der Waals surface area contributed by atoms with E-state index < -0.39 is 36.5 Å². The lowest BCUT2D eigenvalue weighted by Crippen LogP contribution is -2.55. The van der Waals surface area contributed by atoms with Crippen LogP contribution in [0.2, 0.25) is 18.1 Å². The van der Waals surface area contributed by atoms with Crippen LogP contribution in [0.1, 0.15) is 68.9 Å². The lowest BCUT2D eigenvalue weighted by atomic mass is 9.78. The van der Waals surface area contributed by atoms with Gasteiger partial charge in [-0.3, -0.25) is 9.35 Å². The van der Waals surface area contributed by atoms with Crippen LogP contribution in [0.25, 0.3) is 0 Å². The second-order valence-corrected chi connectivity index (χ2v) is 20.5. The molecule has 0 spiro atoms. The molecule has 0 radical (unpaired) electrons. The maximum absolute atomic E-state index is 14.1. The van der Waals surface area contributed by atoms with Crippen molar-refractivity contribution in [2.75, 3.05) is 18.1 Å². The summed E-state index contributed by atoms with van der Waals surface area (Å²) >= 11 is 0. The van der Waals surface area contributed by atoms with E-state index in [-0.39, 0.29) is 49.1 Å². The Kier molecular flexibility index (Phi) is 12.8. The first-order valence-electron chi connectivity index (χ1n) is 17.6. The van der Waals surface area contributed by atoms with Gasteiger partial charge in [-0.25, -0.2) is 13.0 Å². The summed E-state index contributed by atoms with van der Waals surface area (Å²) in [5.41, 5.74) is 3.03. The quantitative estimate of drug-likeness (QED) is 0.0490. The predicted molar refractivity (Wildman–Crippen MR) is 202 cm³/mol. The lowest BCUT2D eigenvalue weighted by molar-refractivity contribution is -0.131. The van der Waals surface area contributed by atoms with Crippen molar-refractivity contribution >= 4 is 30.3 Å². The summed E-state index contributed by atoms with van der Waals surface area (Å²) in [5, 5.41) is -0.0855. The van der Waals surface area contributed by atoms with Crippen LogP contribution in [0, 0.1) is 17.6 Å². The maximum Gasteiger partial charge on any atom is 0.397 e. The molecule has 0 unspecified atom stereocenters. The molecule has 3 atom stereocenters. The number of carbonyl (C=O) groups is 1. The Balaban J connectivity index is 1.47. The van der Waals surface area contributed by atoms with Crippen LogP contribution in [0.4, 0.5) is 14.5 Å². The Morgan fingerprint density at radius 2 is 1.51 bits per heavy atom. The van der Waals surface area contributed by atoms with E-state index in [0.29, 0.717) is 30.0 Å². The fourth-order valence-corrected chi connectivity index (χ4v) is 7.68. The standard InChI is InChI=1S/C40H47F2NO8SSi/c1-40(2,3)53(4,5)51-36(29-12-14-30(41)15-13-29)23-22-35-38(43(39(35)44)32-18-16-31(42)17-19-32)34-21-20-33(48-24-9-25-50-52(45,46)47)26-37(34)49-27-28-10-7-6-8-11-28/h6-8,10-21,26,35-36,38H,9,22-25,27H2,1-5H3,(H,45,46,47)/t35-,36+,38-/m1/s1. The van der Waals surface area contributed by atoms with Gasteiger partial charge >= 0.3 is 10.4 Å². The molecule has 284 valence electrons. The predicted octanol–water partition coefficient (Wildman–Crippen LogP) is 9.38. The van der Waals surface area contributed by atoms with Gasteiger partial charge in [-0.15, -0.1) is 0 Å².